The summed E-state index contributed by atoms with van der Waals surface area (Å²) in [6.07, 6.45) is 1.12. The minimum absolute atomic E-state index is 0.176. The number of nitrogens with one attached hydrogen (secondary N) is 2. The molecule has 1 unspecified atom stereocenters. The molecule has 6 heteroatoms. The molecule has 0 bridgehead atoms. The first-order chi connectivity index (χ1) is 13.6. The number of hydrogen-bond donors (Lipinski definition) is 2. The van der Waals surface area contributed by atoms with Crippen LogP contribution in [0.5, 0.6) is 5.75 Å². The number of rotatable bonds is 6. The van der Waals surface area contributed by atoms with Gasteiger partial charge in [-0.2, -0.15) is 0 Å². The van der Waals surface area contributed by atoms with E-state index in [1.54, 1.807) is 33.2 Å². The number of ether oxygens (including phenoxy) is 1. The van der Waals surface area contributed by atoms with Crippen molar-refractivity contribution in [1.82, 2.24) is 10.6 Å². The second kappa shape index (κ2) is 9.44. The van der Waals surface area contributed by atoms with Crippen LogP contribution < -0.4 is 20.3 Å². The summed E-state index contributed by atoms with van der Waals surface area (Å²) in [6, 6.07) is 13.4. The van der Waals surface area contributed by atoms with Crippen LogP contribution in [0.1, 0.15) is 17.5 Å². The Kier molecular flexibility index (Phi) is 6.74. The summed E-state index contributed by atoms with van der Waals surface area (Å²) in [5.74, 6) is 2.00. The number of nitrogens with zero attached hydrogens (tertiary/aromatic N) is 2. The van der Waals surface area contributed by atoms with Crippen molar-refractivity contribution in [2.75, 3.05) is 38.7 Å². The van der Waals surface area contributed by atoms with Gasteiger partial charge in [-0.05, 0) is 48.6 Å². The van der Waals surface area contributed by atoms with Crippen LogP contribution in [-0.2, 0) is 6.54 Å². The van der Waals surface area contributed by atoms with Crippen molar-refractivity contribution < 1.29 is 9.13 Å². The Hall–Kier alpha value is -2.76. The summed E-state index contributed by atoms with van der Waals surface area (Å²) >= 11 is 0. The number of para-hydroxylation sites is 2. The highest BCUT2D eigenvalue weighted by Gasteiger charge is 2.24. The summed E-state index contributed by atoms with van der Waals surface area (Å²) < 4.78 is 19.2. The maximum absolute atomic E-state index is 13.7. The third-order valence-corrected chi connectivity index (χ3v) is 5.19. The van der Waals surface area contributed by atoms with Gasteiger partial charge in [0.05, 0.1) is 12.8 Å². The molecule has 28 heavy (non-hydrogen) atoms. The number of guanidine groups is 1. The predicted molar refractivity (Wildman–Crippen MR) is 113 cm³/mol. The second-order valence-electron chi connectivity index (χ2n) is 7.16. The molecule has 1 fully saturated rings. The Labute approximate surface area is 166 Å². The number of anilines is 1. The van der Waals surface area contributed by atoms with E-state index in [2.05, 4.69) is 26.6 Å². The number of benzene rings is 2. The van der Waals surface area contributed by atoms with Crippen molar-refractivity contribution in [3.63, 3.8) is 0 Å². The van der Waals surface area contributed by atoms with Gasteiger partial charge in [0.1, 0.15) is 11.6 Å². The van der Waals surface area contributed by atoms with Crippen LogP contribution in [0.15, 0.2) is 47.5 Å². The molecule has 2 aromatic rings. The van der Waals surface area contributed by atoms with Crippen molar-refractivity contribution >= 4 is 11.6 Å². The highest BCUT2D eigenvalue weighted by molar-refractivity contribution is 5.79. The molecular weight excluding hydrogens is 355 g/mol. The number of hydrogen-bond acceptors (Lipinski definition) is 3. The standard InChI is InChI=1S/C22H29FN4O/c1-16-8-9-17(12-19(16)23)13-25-22(24-2)26-14-18-10-11-27(15-18)20-6-4-5-7-21(20)28-3/h4-9,12,18H,10-11,13-15H2,1-3H3,(H2,24,25,26). The summed E-state index contributed by atoms with van der Waals surface area (Å²) in [4.78, 5) is 6.65. The largest absolute Gasteiger partial charge is 0.495 e. The molecule has 0 saturated carbocycles. The minimum Gasteiger partial charge on any atom is -0.495 e. The monoisotopic (exact) mass is 384 g/mol. The van der Waals surface area contributed by atoms with Crippen LogP contribution in [0, 0.1) is 18.7 Å². The van der Waals surface area contributed by atoms with Gasteiger partial charge in [0.2, 0.25) is 0 Å². The molecule has 1 saturated heterocycles. The molecule has 1 aliphatic heterocycles. The van der Waals surface area contributed by atoms with E-state index >= 15 is 0 Å². The zero-order valence-electron chi connectivity index (χ0n) is 16.8. The van der Waals surface area contributed by atoms with Crippen molar-refractivity contribution in [2.45, 2.75) is 19.9 Å². The van der Waals surface area contributed by atoms with Gasteiger partial charge in [-0.1, -0.05) is 24.3 Å². The normalized spacial score (nSPS) is 16.9. The van der Waals surface area contributed by atoms with E-state index in [1.165, 1.54) is 0 Å². The van der Waals surface area contributed by atoms with Crippen LogP contribution in [0.2, 0.25) is 0 Å². The highest BCUT2D eigenvalue weighted by Crippen LogP contribution is 2.31. The molecule has 1 heterocycles. The van der Waals surface area contributed by atoms with E-state index in [9.17, 15) is 4.39 Å². The number of halogens is 1. The van der Waals surface area contributed by atoms with Crippen LogP contribution in [0.3, 0.4) is 0 Å². The average molecular weight is 384 g/mol. The smallest absolute Gasteiger partial charge is 0.191 e. The lowest BCUT2D eigenvalue weighted by molar-refractivity contribution is 0.414. The average Bonchev–Trinajstić information content (AvgIpc) is 3.19. The van der Waals surface area contributed by atoms with Crippen LogP contribution in [0.4, 0.5) is 10.1 Å². The molecule has 2 N–H and O–H groups in total. The maximum Gasteiger partial charge on any atom is 0.191 e. The first-order valence-electron chi connectivity index (χ1n) is 9.68. The molecule has 0 aliphatic carbocycles. The Morgan fingerprint density at radius 2 is 2.07 bits per heavy atom. The van der Waals surface area contributed by atoms with E-state index in [0.717, 1.165) is 49.0 Å². The van der Waals surface area contributed by atoms with Gasteiger partial charge in [0.25, 0.3) is 0 Å². The van der Waals surface area contributed by atoms with Gasteiger partial charge >= 0.3 is 0 Å². The third kappa shape index (κ3) is 4.94. The van der Waals surface area contributed by atoms with Crippen LogP contribution in [-0.4, -0.2) is 39.8 Å². The van der Waals surface area contributed by atoms with Crippen molar-refractivity contribution in [3.8, 4) is 5.75 Å². The van der Waals surface area contributed by atoms with Gasteiger partial charge in [0, 0.05) is 33.2 Å². The lowest BCUT2D eigenvalue weighted by atomic mass is 10.1. The highest BCUT2D eigenvalue weighted by atomic mass is 19.1. The topological polar surface area (TPSA) is 48.9 Å². The van der Waals surface area contributed by atoms with Gasteiger partial charge in [-0.15, -0.1) is 0 Å². The Morgan fingerprint density at radius 3 is 2.82 bits per heavy atom. The van der Waals surface area contributed by atoms with Gasteiger partial charge in [0.15, 0.2) is 5.96 Å². The van der Waals surface area contributed by atoms with E-state index in [4.69, 9.17) is 4.74 Å². The lowest BCUT2D eigenvalue weighted by Crippen LogP contribution is -2.40. The van der Waals surface area contributed by atoms with E-state index in [1.807, 2.05) is 24.3 Å². The van der Waals surface area contributed by atoms with Crippen LogP contribution in [0.25, 0.3) is 0 Å². The first-order valence-corrected chi connectivity index (χ1v) is 9.68. The Balaban J connectivity index is 1.48. The molecule has 0 radical (unpaired) electrons. The van der Waals surface area contributed by atoms with Gasteiger partial charge < -0.3 is 20.3 Å². The number of aryl methyl sites for hydroxylation is 1. The van der Waals surface area contributed by atoms with Gasteiger partial charge in [-0.3, -0.25) is 4.99 Å². The summed E-state index contributed by atoms with van der Waals surface area (Å²) in [6.45, 7) is 5.14. The fourth-order valence-corrected chi connectivity index (χ4v) is 3.50. The predicted octanol–water partition coefficient (Wildman–Crippen LogP) is 3.33. The zero-order chi connectivity index (χ0) is 19.9. The SMILES string of the molecule is CN=C(NCc1ccc(C)c(F)c1)NCC1CCN(c2ccccc2OC)C1. The molecule has 3 rings (SSSR count). The fraction of sp³-hybridized carbons (Fsp3) is 0.409. The summed E-state index contributed by atoms with van der Waals surface area (Å²) in [5.41, 5.74) is 2.71. The molecule has 2 aromatic carbocycles. The maximum atomic E-state index is 13.7. The number of aliphatic imine (C=N–C) groups is 1. The molecular formula is C22H29FN4O. The molecule has 150 valence electrons. The fourth-order valence-electron chi connectivity index (χ4n) is 3.50. The van der Waals surface area contributed by atoms with Crippen LogP contribution >= 0.6 is 0 Å². The minimum atomic E-state index is -0.176. The van der Waals surface area contributed by atoms with Gasteiger partial charge in [-0.25, -0.2) is 4.39 Å². The molecule has 1 aliphatic rings. The first kappa shape index (κ1) is 20.0. The summed E-state index contributed by atoms with van der Waals surface area (Å²) in [7, 11) is 3.46. The molecule has 0 amide bonds. The van der Waals surface area contributed by atoms with E-state index in [-0.39, 0.29) is 5.82 Å². The summed E-state index contributed by atoms with van der Waals surface area (Å²) in [5, 5.41) is 6.65. The Bertz CT molecular complexity index is 824. The van der Waals surface area contributed by atoms with Crippen molar-refractivity contribution in [3.05, 3.63) is 59.4 Å². The quantitative estimate of drug-likeness (QED) is 0.592. The zero-order valence-corrected chi connectivity index (χ0v) is 16.8. The van der Waals surface area contributed by atoms with E-state index in [0.29, 0.717) is 18.0 Å². The van der Waals surface area contributed by atoms with Crippen molar-refractivity contribution in [2.24, 2.45) is 10.9 Å². The number of methoxy groups -OCH3 is 1. The second-order valence-corrected chi connectivity index (χ2v) is 7.16. The van der Waals surface area contributed by atoms with E-state index < -0.39 is 0 Å². The lowest BCUT2D eigenvalue weighted by Gasteiger charge is -2.21. The Morgan fingerprint density at radius 1 is 1.25 bits per heavy atom. The van der Waals surface area contributed by atoms with Crippen molar-refractivity contribution in [1.29, 1.82) is 0 Å². The molecule has 5 nitrogen and oxygen atoms in total. The molecule has 1 atom stereocenters. The molecule has 0 aromatic heterocycles. The molecule has 0 spiro atoms. The third-order valence-electron chi connectivity index (χ3n) is 5.19.